The number of fused-ring (bicyclic) bond motifs is 1. The van der Waals surface area contributed by atoms with Gasteiger partial charge in [0, 0.05) is 5.39 Å². The molecule has 0 aliphatic rings. The summed E-state index contributed by atoms with van der Waals surface area (Å²) in [5.41, 5.74) is 5.23. The van der Waals surface area contributed by atoms with Crippen molar-refractivity contribution < 1.29 is 19.1 Å². The summed E-state index contributed by atoms with van der Waals surface area (Å²) < 4.78 is 5.43. The van der Waals surface area contributed by atoms with Crippen LogP contribution in [-0.4, -0.2) is 24.3 Å². The number of hydrogen-bond donors (Lipinski definition) is 2. The number of carbonyl (C=O) groups is 3. The first-order valence-electron chi connectivity index (χ1n) is 6.24. The zero-order valence-corrected chi connectivity index (χ0v) is 11.4. The second-order valence-electron chi connectivity index (χ2n) is 4.42. The molecule has 2 rings (SSSR count). The molecular formula is C15H14N2O4. The molecule has 0 atom stereocenters. The Morgan fingerprint density at radius 2 is 1.86 bits per heavy atom. The number of ketones is 1. The van der Waals surface area contributed by atoms with Crippen molar-refractivity contribution in [1.29, 1.82) is 0 Å². The zero-order valence-electron chi connectivity index (χ0n) is 11.4. The van der Waals surface area contributed by atoms with Gasteiger partial charge in [0.15, 0.2) is 12.4 Å². The lowest BCUT2D eigenvalue weighted by atomic mass is 10.0. The van der Waals surface area contributed by atoms with Crippen LogP contribution in [0.5, 0.6) is 5.75 Å². The first kappa shape index (κ1) is 14.5. The van der Waals surface area contributed by atoms with Crippen LogP contribution in [-0.2, 0) is 4.79 Å². The van der Waals surface area contributed by atoms with Gasteiger partial charge in [-0.1, -0.05) is 30.3 Å². The minimum atomic E-state index is -0.951. The lowest BCUT2D eigenvalue weighted by molar-refractivity contribution is -0.121. The highest BCUT2D eigenvalue weighted by Gasteiger charge is 2.14. The van der Waals surface area contributed by atoms with Gasteiger partial charge >= 0.3 is 6.03 Å². The predicted molar refractivity (Wildman–Crippen MR) is 77.2 cm³/mol. The minimum absolute atomic E-state index is 0.175. The molecule has 3 amide bonds. The van der Waals surface area contributed by atoms with Crippen LogP contribution in [0.2, 0.25) is 0 Å². The number of amides is 3. The first-order chi connectivity index (χ1) is 9.99. The van der Waals surface area contributed by atoms with Crippen LogP contribution >= 0.6 is 0 Å². The summed E-state index contributed by atoms with van der Waals surface area (Å²) in [6, 6.07) is 9.84. The normalized spacial score (nSPS) is 10.1. The smallest absolute Gasteiger partial charge is 0.318 e. The van der Waals surface area contributed by atoms with Gasteiger partial charge in [0.25, 0.3) is 5.91 Å². The van der Waals surface area contributed by atoms with E-state index in [1.54, 1.807) is 12.1 Å². The van der Waals surface area contributed by atoms with E-state index in [2.05, 4.69) is 0 Å². The number of ether oxygens (including phenoxy) is 1. The average molecular weight is 286 g/mol. The molecule has 6 nitrogen and oxygen atoms in total. The third-order valence-electron chi connectivity index (χ3n) is 2.87. The molecule has 6 heteroatoms. The Bertz CT molecular complexity index is 725. The molecule has 0 fully saturated rings. The average Bonchev–Trinajstić information content (AvgIpc) is 2.43. The number of imide groups is 1. The third-order valence-corrected chi connectivity index (χ3v) is 2.87. The van der Waals surface area contributed by atoms with E-state index >= 15 is 0 Å². The molecule has 108 valence electrons. The van der Waals surface area contributed by atoms with Crippen molar-refractivity contribution in [3.63, 3.8) is 0 Å². The summed E-state index contributed by atoms with van der Waals surface area (Å²) in [6.45, 7) is 1.01. The standard InChI is InChI=1S/C15H14N2O4/c1-9(18)11-7-6-10-4-2-3-5-12(10)14(11)21-8-13(19)17-15(16)20/h2-7H,8H2,1H3,(H3,16,17,19,20). The van der Waals surface area contributed by atoms with E-state index in [1.807, 2.05) is 29.6 Å². The highest BCUT2D eigenvalue weighted by Crippen LogP contribution is 2.30. The van der Waals surface area contributed by atoms with Gasteiger partial charge in [-0.05, 0) is 18.4 Å². The van der Waals surface area contributed by atoms with Crippen LogP contribution in [0.1, 0.15) is 17.3 Å². The number of benzene rings is 2. The first-order valence-corrected chi connectivity index (χ1v) is 6.24. The van der Waals surface area contributed by atoms with Gasteiger partial charge in [-0.3, -0.25) is 14.9 Å². The second-order valence-corrected chi connectivity index (χ2v) is 4.42. The Kier molecular flexibility index (Phi) is 4.18. The minimum Gasteiger partial charge on any atom is -0.482 e. The van der Waals surface area contributed by atoms with Crippen molar-refractivity contribution in [2.24, 2.45) is 5.73 Å². The molecular weight excluding hydrogens is 272 g/mol. The number of primary amides is 1. The Morgan fingerprint density at radius 1 is 1.14 bits per heavy atom. The number of rotatable bonds is 4. The van der Waals surface area contributed by atoms with Crippen molar-refractivity contribution in [3.05, 3.63) is 42.0 Å². The highest BCUT2D eigenvalue weighted by molar-refractivity contribution is 6.04. The van der Waals surface area contributed by atoms with Gasteiger partial charge in [-0.25, -0.2) is 4.79 Å². The third kappa shape index (κ3) is 3.36. The van der Waals surface area contributed by atoms with E-state index in [-0.39, 0.29) is 5.78 Å². The van der Waals surface area contributed by atoms with Gasteiger partial charge in [0.05, 0.1) is 5.56 Å². The number of nitrogens with two attached hydrogens (primary N) is 1. The van der Waals surface area contributed by atoms with Crippen LogP contribution in [0.15, 0.2) is 36.4 Å². The van der Waals surface area contributed by atoms with Crippen molar-refractivity contribution in [2.75, 3.05) is 6.61 Å². The molecule has 0 aromatic heterocycles. The number of hydrogen-bond acceptors (Lipinski definition) is 4. The molecule has 0 bridgehead atoms. The lowest BCUT2D eigenvalue weighted by Crippen LogP contribution is -2.38. The van der Waals surface area contributed by atoms with Crippen LogP contribution < -0.4 is 15.8 Å². The molecule has 0 aliphatic heterocycles. The van der Waals surface area contributed by atoms with E-state index < -0.39 is 18.5 Å². The molecule has 21 heavy (non-hydrogen) atoms. The van der Waals surface area contributed by atoms with Crippen molar-refractivity contribution in [3.8, 4) is 5.75 Å². The van der Waals surface area contributed by atoms with E-state index in [0.717, 1.165) is 10.8 Å². The number of urea groups is 1. The summed E-state index contributed by atoms with van der Waals surface area (Å²) >= 11 is 0. The van der Waals surface area contributed by atoms with E-state index in [9.17, 15) is 14.4 Å². The maximum absolute atomic E-state index is 11.7. The largest absolute Gasteiger partial charge is 0.482 e. The Balaban J connectivity index is 2.35. The maximum Gasteiger partial charge on any atom is 0.318 e. The lowest BCUT2D eigenvalue weighted by Gasteiger charge is -2.12. The quantitative estimate of drug-likeness (QED) is 0.834. The van der Waals surface area contributed by atoms with Gasteiger partial charge < -0.3 is 10.5 Å². The molecule has 3 N–H and O–H groups in total. The number of carbonyl (C=O) groups excluding carboxylic acids is 3. The van der Waals surface area contributed by atoms with Gasteiger partial charge in [-0.15, -0.1) is 0 Å². The molecule has 0 saturated carbocycles. The van der Waals surface area contributed by atoms with Crippen molar-refractivity contribution in [1.82, 2.24) is 5.32 Å². The van der Waals surface area contributed by atoms with E-state index in [0.29, 0.717) is 11.3 Å². The van der Waals surface area contributed by atoms with Crippen molar-refractivity contribution >= 4 is 28.5 Å². The molecule has 0 saturated heterocycles. The number of Topliss-reactive ketones (excluding diaryl/α,β-unsaturated/α-hetero) is 1. The molecule has 2 aromatic rings. The SMILES string of the molecule is CC(=O)c1ccc2ccccc2c1OCC(=O)NC(N)=O. The predicted octanol–water partition coefficient (Wildman–Crippen LogP) is 1.62. The summed E-state index contributed by atoms with van der Waals surface area (Å²) in [5, 5.41) is 3.50. The Morgan fingerprint density at radius 3 is 2.52 bits per heavy atom. The summed E-state index contributed by atoms with van der Waals surface area (Å²) in [6.07, 6.45) is 0. The van der Waals surface area contributed by atoms with Crippen LogP contribution in [0.25, 0.3) is 10.8 Å². The zero-order chi connectivity index (χ0) is 15.4. The molecule has 2 aromatic carbocycles. The second kappa shape index (κ2) is 6.04. The monoisotopic (exact) mass is 286 g/mol. The summed E-state index contributed by atoms with van der Waals surface area (Å²) in [4.78, 5) is 33.7. The molecule has 0 aliphatic carbocycles. The van der Waals surface area contributed by atoms with Crippen LogP contribution in [0.3, 0.4) is 0 Å². The van der Waals surface area contributed by atoms with Gasteiger partial charge in [0.1, 0.15) is 5.75 Å². The van der Waals surface area contributed by atoms with Gasteiger partial charge in [-0.2, -0.15) is 0 Å². The van der Waals surface area contributed by atoms with Crippen LogP contribution in [0, 0.1) is 0 Å². The summed E-state index contributed by atoms with van der Waals surface area (Å²) in [5.74, 6) is -0.531. The topological polar surface area (TPSA) is 98.5 Å². The Labute approximate surface area is 120 Å². The van der Waals surface area contributed by atoms with E-state index in [1.165, 1.54) is 6.92 Å². The fraction of sp³-hybridized carbons (Fsp3) is 0.133. The number of nitrogens with one attached hydrogen (secondary N) is 1. The van der Waals surface area contributed by atoms with Crippen molar-refractivity contribution in [2.45, 2.75) is 6.92 Å². The van der Waals surface area contributed by atoms with E-state index in [4.69, 9.17) is 10.5 Å². The highest BCUT2D eigenvalue weighted by atomic mass is 16.5. The fourth-order valence-corrected chi connectivity index (χ4v) is 1.99. The molecule has 0 heterocycles. The maximum atomic E-state index is 11.7. The Hall–Kier alpha value is -2.89. The fourth-order valence-electron chi connectivity index (χ4n) is 1.99. The molecule has 0 spiro atoms. The summed E-state index contributed by atoms with van der Waals surface area (Å²) in [7, 11) is 0. The van der Waals surface area contributed by atoms with Gasteiger partial charge in [0.2, 0.25) is 0 Å². The molecule has 0 radical (unpaired) electrons. The molecule has 0 unspecified atom stereocenters. The van der Waals surface area contributed by atoms with Crippen LogP contribution in [0.4, 0.5) is 4.79 Å².